The van der Waals surface area contributed by atoms with E-state index in [1.54, 1.807) is 7.11 Å². The molecule has 2 N–H and O–H groups in total. The van der Waals surface area contributed by atoms with Gasteiger partial charge in [0.05, 0.1) is 6.61 Å². The van der Waals surface area contributed by atoms with Crippen molar-refractivity contribution in [3.05, 3.63) is 51.4 Å². The number of hydrogen-bond acceptors (Lipinski definition) is 3. The summed E-state index contributed by atoms with van der Waals surface area (Å²) in [7, 11) is 1.64. The van der Waals surface area contributed by atoms with Crippen LogP contribution in [0.2, 0.25) is 0 Å². The molecular weight excluding hydrogens is 244 g/mol. The molecule has 0 bridgehead atoms. The van der Waals surface area contributed by atoms with Gasteiger partial charge in [0, 0.05) is 24.8 Å². The second-order valence-corrected chi connectivity index (χ2v) is 4.35. The first kappa shape index (κ1) is 13.4. The van der Waals surface area contributed by atoms with Crippen molar-refractivity contribution in [2.45, 2.75) is 13.3 Å². The van der Waals surface area contributed by atoms with Gasteiger partial charge in [-0.3, -0.25) is 9.89 Å². The highest BCUT2D eigenvalue weighted by Gasteiger charge is 2.07. The molecule has 2 aromatic rings. The zero-order chi connectivity index (χ0) is 13.7. The summed E-state index contributed by atoms with van der Waals surface area (Å²) in [5.41, 5.74) is 2.61. The highest BCUT2D eigenvalue weighted by Crippen LogP contribution is 2.16. The molecule has 0 saturated carbocycles. The van der Waals surface area contributed by atoms with Crippen molar-refractivity contribution in [2.75, 3.05) is 20.3 Å². The van der Waals surface area contributed by atoms with Crippen molar-refractivity contribution in [1.29, 1.82) is 0 Å². The molecule has 0 amide bonds. The largest absolute Gasteiger partial charge is 0.491 e. The van der Waals surface area contributed by atoms with E-state index in [0.29, 0.717) is 19.6 Å². The maximum Gasteiger partial charge on any atom is 0.267 e. The molecule has 0 radical (unpaired) electrons. The quantitative estimate of drug-likeness (QED) is 0.777. The summed E-state index contributed by atoms with van der Waals surface area (Å²) in [6.45, 7) is 2.96. The van der Waals surface area contributed by atoms with E-state index in [-0.39, 0.29) is 5.56 Å². The fourth-order valence-electron chi connectivity index (χ4n) is 1.88. The molecule has 1 aromatic heterocycles. The van der Waals surface area contributed by atoms with E-state index in [4.69, 9.17) is 9.47 Å². The van der Waals surface area contributed by atoms with Crippen molar-refractivity contribution in [2.24, 2.45) is 0 Å². The summed E-state index contributed by atoms with van der Waals surface area (Å²) in [4.78, 5) is 11.6. The number of hydrogen-bond donors (Lipinski definition) is 2. The van der Waals surface area contributed by atoms with Gasteiger partial charge < -0.3 is 14.6 Å². The summed E-state index contributed by atoms with van der Waals surface area (Å²) in [6, 6.07) is 7.75. The fourth-order valence-corrected chi connectivity index (χ4v) is 1.88. The Kier molecular flexibility index (Phi) is 4.41. The first-order valence-corrected chi connectivity index (χ1v) is 6.17. The minimum atomic E-state index is -0.0665. The minimum absolute atomic E-state index is 0.0665. The van der Waals surface area contributed by atoms with E-state index < -0.39 is 0 Å². The van der Waals surface area contributed by atoms with Gasteiger partial charge in [-0.05, 0) is 24.6 Å². The topological polar surface area (TPSA) is 67.1 Å². The number of H-pyrrole nitrogens is 2. The molecule has 0 aliphatic carbocycles. The first-order chi connectivity index (χ1) is 9.20. The predicted octanol–water partition coefficient (Wildman–Crippen LogP) is 1.63. The number of aryl methyl sites for hydroxylation is 1. The second kappa shape index (κ2) is 6.24. The van der Waals surface area contributed by atoms with E-state index in [0.717, 1.165) is 22.6 Å². The Morgan fingerprint density at radius 1 is 1.21 bits per heavy atom. The van der Waals surface area contributed by atoms with E-state index in [1.807, 2.05) is 31.2 Å². The van der Waals surface area contributed by atoms with Crippen molar-refractivity contribution < 1.29 is 9.47 Å². The lowest BCUT2D eigenvalue weighted by atomic mass is 10.1. The first-order valence-electron chi connectivity index (χ1n) is 6.17. The van der Waals surface area contributed by atoms with Crippen molar-refractivity contribution in [3.63, 3.8) is 0 Å². The van der Waals surface area contributed by atoms with Gasteiger partial charge in [0.1, 0.15) is 12.4 Å². The summed E-state index contributed by atoms with van der Waals surface area (Å²) in [5, 5.41) is 5.41. The number of aromatic nitrogens is 2. The molecule has 0 atom stereocenters. The normalized spacial score (nSPS) is 10.6. The van der Waals surface area contributed by atoms with Crippen LogP contribution in [-0.4, -0.2) is 30.5 Å². The van der Waals surface area contributed by atoms with Gasteiger partial charge >= 0.3 is 0 Å². The van der Waals surface area contributed by atoms with Crippen LogP contribution in [-0.2, 0) is 11.2 Å². The Morgan fingerprint density at radius 3 is 2.74 bits per heavy atom. The number of aromatic amines is 2. The van der Waals surface area contributed by atoms with Crippen LogP contribution in [0.25, 0.3) is 0 Å². The van der Waals surface area contributed by atoms with E-state index in [2.05, 4.69) is 10.2 Å². The fraction of sp³-hybridized carbons (Fsp3) is 0.357. The number of nitrogens with one attached hydrogen (secondary N) is 2. The standard InChI is InChI=1S/C14H18N2O3/c1-10-13(14(17)16-15-10)9-11-4-3-5-12(8-11)19-7-6-18-2/h3-5,8H,6-7,9H2,1-2H3,(H2,15,16,17). The third-order valence-electron chi connectivity index (χ3n) is 2.93. The molecule has 0 unspecified atom stereocenters. The Hall–Kier alpha value is -2.01. The maximum atomic E-state index is 11.6. The van der Waals surface area contributed by atoms with Crippen LogP contribution in [0.1, 0.15) is 16.8 Å². The summed E-state index contributed by atoms with van der Waals surface area (Å²) >= 11 is 0. The monoisotopic (exact) mass is 262 g/mol. The molecule has 5 heteroatoms. The molecule has 19 heavy (non-hydrogen) atoms. The molecular formula is C14H18N2O3. The molecule has 2 rings (SSSR count). The average molecular weight is 262 g/mol. The highest BCUT2D eigenvalue weighted by molar-refractivity contribution is 5.33. The Balaban J connectivity index is 2.09. The van der Waals surface area contributed by atoms with E-state index >= 15 is 0 Å². The van der Waals surface area contributed by atoms with Gasteiger partial charge in [-0.25, -0.2) is 0 Å². The summed E-state index contributed by atoms with van der Waals surface area (Å²) in [5.74, 6) is 0.791. The highest BCUT2D eigenvalue weighted by atomic mass is 16.5. The van der Waals surface area contributed by atoms with Crippen LogP contribution in [0.5, 0.6) is 5.75 Å². The summed E-state index contributed by atoms with van der Waals surface area (Å²) < 4.78 is 10.5. The van der Waals surface area contributed by atoms with Gasteiger partial charge in [0.15, 0.2) is 0 Å². The predicted molar refractivity (Wildman–Crippen MR) is 72.8 cm³/mol. The Labute approximate surface area is 111 Å². The van der Waals surface area contributed by atoms with Gasteiger partial charge in [0.2, 0.25) is 0 Å². The lowest BCUT2D eigenvalue weighted by molar-refractivity contribution is 0.146. The van der Waals surface area contributed by atoms with E-state index in [9.17, 15) is 4.79 Å². The van der Waals surface area contributed by atoms with Crippen molar-refractivity contribution in [1.82, 2.24) is 10.2 Å². The minimum Gasteiger partial charge on any atom is -0.491 e. The van der Waals surface area contributed by atoms with Gasteiger partial charge in [-0.15, -0.1) is 0 Å². The third-order valence-corrected chi connectivity index (χ3v) is 2.93. The zero-order valence-electron chi connectivity index (χ0n) is 11.2. The van der Waals surface area contributed by atoms with Crippen molar-refractivity contribution >= 4 is 0 Å². The molecule has 1 aromatic carbocycles. The molecule has 5 nitrogen and oxygen atoms in total. The van der Waals surface area contributed by atoms with Gasteiger partial charge in [-0.1, -0.05) is 12.1 Å². The number of rotatable bonds is 6. The van der Waals surface area contributed by atoms with Crippen LogP contribution >= 0.6 is 0 Å². The van der Waals surface area contributed by atoms with Crippen LogP contribution in [0.4, 0.5) is 0 Å². The SMILES string of the molecule is COCCOc1cccc(Cc2c(C)[nH][nH]c2=O)c1. The van der Waals surface area contributed by atoms with Crippen molar-refractivity contribution in [3.8, 4) is 5.75 Å². The molecule has 1 heterocycles. The van der Waals surface area contributed by atoms with Gasteiger partial charge in [0.25, 0.3) is 5.56 Å². The molecule has 0 fully saturated rings. The lowest BCUT2D eigenvalue weighted by Crippen LogP contribution is -2.07. The van der Waals surface area contributed by atoms with Gasteiger partial charge in [-0.2, -0.15) is 0 Å². The van der Waals surface area contributed by atoms with Crippen LogP contribution in [0, 0.1) is 6.92 Å². The maximum absolute atomic E-state index is 11.6. The van der Waals surface area contributed by atoms with Crippen LogP contribution in [0.3, 0.4) is 0 Å². The van der Waals surface area contributed by atoms with Crippen LogP contribution in [0.15, 0.2) is 29.1 Å². The summed E-state index contributed by atoms with van der Waals surface area (Å²) in [6.07, 6.45) is 0.589. The lowest BCUT2D eigenvalue weighted by Gasteiger charge is -2.07. The molecule has 0 saturated heterocycles. The van der Waals surface area contributed by atoms with Crippen LogP contribution < -0.4 is 10.3 Å². The molecule has 0 spiro atoms. The smallest absolute Gasteiger partial charge is 0.267 e. The number of ether oxygens (including phenoxy) is 2. The third kappa shape index (κ3) is 3.48. The molecule has 102 valence electrons. The Morgan fingerprint density at radius 2 is 2.05 bits per heavy atom. The number of benzene rings is 1. The average Bonchev–Trinajstić information content (AvgIpc) is 2.72. The molecule has 0 aliphatic rings. The Bertz CT molecular complexity index is 586. The number of methoxy groups -OCH3 is 1. The molecule has 0 aliphatic heterocycles. The second-order valence-electron chi connectivity index (χ2n) is 4.35. The zero-order valence-corrected chi connectivity index (χ0v) is 11.2. The van der Waals surface area contributed by atoms with E-state index in [1.165, 1.54) is 0 Å².